The van der Waals surface area contributed by atoms with Crippen LogP contribution in [0.25, 0.3) is 0 Å². The largest absolute Gasteiger partial charge is 0.497 e. The standard InChI is InChI=1S/C23H29Cl2N3O5S/c1-5-13-26-23(30)16(2)27(14-17-9-11-18(33-3)12-10-17)21(29)15-28(34(4,31)32)20-8-6-7-19(24)22(20)25/h6-12,16H,5,13-15H2,1-4H3,(H,26,30)/t16-/m0/s1. The van der Waals surface area contributed by atoms with Gasteiger partial charge in [-0.05, 0) is 43.2 Å². The molecule has 2 aromatic rings. The number of rotatable bonds is 11. The molecule has 2 aromatic carbocycles. The van der Waals surface area contributed by atoms with Gasteiger partial charge in [0.05, 0.1) is 29.1 Å². The van der Waals surface area contributed by atoms with Crippen LogP contribution < -0.4 is 14.4 Å². The van der Waals surface area contributed by atoms with E-state index in [9.17, 15) is 18.0 Å². The van der Waals surface area contributed by atoms with Crippen LogP contribution in [0.4, 0.5) is 5.69 Å². The Bertz CT molecular complexity index is 1110. The molecule has 0 radical (unpaired) electrons. The fourth-order valence-corrected chi connectivity index (χ4v) is 4.49. The van der Waals surface area contributed by atoms with E-state index in [2.05, 4.69) is 5.32 Å². The average Bonchev–Trinajstić information content (AvgIpc) is 2.80. The first-order chi connectivity index (χ1) is 16.0. The zero-order chi connectivity index (χ0) is 25.5. The molecule has 1 N–H and O–H groups in total. The van der Waals surface area contributed by atoms with Crippen molar-refractivity contribution in [3.8, 4) is 5.75 Å². The third kappa shape index (κ3) is 7.25. The Hall–Kier alpha value is -2.49. The molecule has 0 aliphatic carbocycles. The van der Waals surface area contributed by atoms with Crippen molar-refractivity contribution in [3.05, 3.63) is 58.1 Å². The van der Waals surface area contributed by atoms with Gasteiger partial charge in [0, 0.05) is 13.1 Å². The quantitative estimate of drug-likeness (QED) is 0.478. The number of ether oxygens (including phenoxy) is 1. The van der Waals surface area contributed by atoms with Crippen LogP contribution in [0, 0.1) is 0 Å². The van der Waals surface area contributed by atoms with Crippen LogP contribution in [0.15, 0.2) is 42.5 Å². The molecule has 0 spiro atoms. The summed E-state index contributed by atoms with van der Waals surface area (Å²) in [6.45, 7) is 3.51. The molecule has 34 heavy (non-hydrogen) atoms. The molecule has 2 amide bonds. The number of hydrogen-bond donors (Lipinski definition) is 1. The van der Waals surface area contributed by atoms with Crippen molar-refractivity contribution in [2.45, 2.75) is 32.9 Å². The Morgan fingerprint density at radius 2 is 1.76 bits per heavy atom. The highest BCUT2D eigenvalue weighted by atomic mass is 35.5. The number of halogens is 2. The lowest BCUT2D eigenvalue weighted by molar-refractivity contribution is -0.139. The van der Waals surface area contributed by atoms with E-state index in [-0.39, 0.29) is 28.2 Å². The third-order valence-corrected chi connectivity index (χ3v) is 7.04. The second-order valence-corrected chi connectivity index (χ2v) is 10.4. The molecule has 0 aliphatic heterocycles. The highest BCUT2D eigenvalue weighted by Gasteiger charge is 2.31. The number of amides is 2. The summed E-state index contributed by atoms with van der Waals surface area (Å²) in [4.78, 5) is 27.5. The van der Waals surface area contributed by atoms with Gasteiger partial charge in [-0.25, -0.2) is 8.42 Å². The predicted octanol–water partition coefficient (Wildman–Crippen LogP) is 3.71. The van der Waals surface area contributed by atoms with Crippen molar-refractivity contribution >= 4 is 50.7 Å². The highest BCUT2D eigenvalue weighted by Crippen LogP contribution is 2.33. The zero-order valence-electron chi connectivity index (χ0n) is 19.5. The number of sulfonamides is 1. The van der Waals surface area contributed by atoms with E-state index < -0.39 is 28.5 Å². The van der Waals surface area contributed by atoms with Crippen molar-refractivity contribution < 1.29 is 22.7 Å². The number of nitrogens with one attached hydrogen (secondary N) is 1. The van der Waals surface area contributed by atoms with Crippen molar-refractivity contribution in [1.29, 1.82) is 0 Å². The Kier molecular flexibility index (Phi) is 10.0. The number of benzene rings is 2. The lowest BCUT2D eigenvalue weighted by Crippen LogP contribution is -2.51. The van der Waals surface area contributed by atoms with Crippen LogP contribution in [0.3, 0.4) is 0 Å². The van der Waals surface area contributed by atoms with Gasteiger partial charge >= 0.3 is 0 Å². The average molecular weight is 530 g/mol. The molecule has 0 bridgehead atoms. The van der Waals surface area contributed by atoms with Crippen LogP contribution >= 0.6 is 23.2 Å². The summed E-state index contributed by atoms with van der Waals surface area (Å²) in [5.41, 5.74) is 0.827. The van der Waals surface area contributed by atoms with Gasteiger partial charge in [0.15, 0.2) is 0 Å². The van der Waals surface area contributed by atoms with Gasteiger partial charge in [-0.2, -0.15) is 0 Å². The Morgan fingerprint density at radius 3 is 2.32 bits per heavy atom. The smallest absolute Gasteiger partial charge is 0.244 e. The van der Waals surface area contributed by atoms with Crippen molar-refractivity contribution in [1.82, 2.24) is 10.2 Å². The fraction of sp³-hybridized carbons (Fsp3) is 0.391. The minimum atomic E-state index is -3.90. The normalized spacial score (nSPS) is 12.1. The number of anilines is 1. The molecule has 2 rings (SSSR count). The van der Waals surface area contributed by atoms with Crippen molar-refractivity contribution in [3.63, 3.8) is 0 Å². The van der Waals surface area contributed by atoms with E-state index in [1.165, 1.54) is 17.0 Å². The third-order valence-electron chi connectivity index (χ3n) is 5.11. The minimum absolute atomic E-state index is 0.0119. The first-order valence-electron chi connectivity index (χ1n) is 10.6. The number of carbonyl (C=O) groups is 2. The highest BCUT2D eigenvalue weighted by molar-refractivity contribution is 7.92. The molecule has 0 heterocycles. The van der Waals surface area contributed by atoms with E-state index >= 15 is 0 Å². The second kappa shape index (κ2) is 12.3. The SMILES string of the molecule is CCCNC(=O)[C@H](C)N(Cc1ccc(OC)cc1)C(=O)CN(c1cccc(Cl)c1Cl)S(C)(=O)=O. The molecule has 186 valence electrons. The van der Waals surface area contributed by atoms with Crippen LogP contribution in [0.1, 0.15) is 25.8 Å². The molecule has 0 aromatic heterocycles. The topological polar surface area (TPSA) is 96.0 Å². The lowest BCUT2D eigenvalue weighted by Gasteiger charge is -2.31. The summed E-state index contributed by atoms with van der Waals surface area (Å²) in [5, 5.41) is 2.95. The maximum atomic E-state index is 13.5. The van der Waals surface area contributed by atoms with Crippen molar-refractivity contribution in [2.24, 2.45) is 0 Å². The van der Waals surface area contributed by atoms with Gasteiger partial charge < -0.3 is 15.0 Å². The molecule has 0 unspecified atom stereocenters. The minimum Gasteiger partial charge on any atom is -0.497 e. The summed E-state index contributed by atoms with van der Waals surface area (Å²) >= 11 is 12.3. The Morgan fingerprint density at radius 1 is 1.12 bits per heavy atom. The molecule has 0 fully saturated rings. The molecular formula is C23H29Cl2N3O5S. The first kappa shape index (κ1) is 27.8. The Labute approximate surface area is 210 Å². The number of nitrogens with zero attached hydrogens (tertiary/aromatic N) is 2. The van der Waals surface area contributed by atoms with Crippen LogP contribution in [-0.2, 0) is 26.2 Å². The summed E-state index contributed by atoms with van der Waals surface area (Å²) in [6.07, 6.45) is 1.71. The summed E-state index contributed by atoms with van der Waals surface area (Å²) in [5.74, 6) is -0.263. The molecule has 0 aliphatic rings. The maximum Gasteiger partial charge on any atom is 0.244 e. The van der Waals surface area contributed by atoms with Gasteiger partial charge in [0.2, 0.25) is 21.8 Å². The van der Waals surface area contributed by atoms with Crippen LogP contribution in [0.5, 0.6) is 5.75 Å². The van der Waals surface area contributed by atoms with Gasteiger partial charge in [0.25, 0.3) is 0 Å². The zero-order valence-corrected chi connectivity index (χ0v) is 21.9. The van der Waals surface area contributed by atoms with Gasteiger partial charge in [-0.3, -0.25) is 13.9 Å². The summed E-state index contributed by atoms with van der Waals surface area (Å²) in [6, 6.07) is 10.7. The summed E-state index contributed by atoms with van der Waals surface area (Å²) < 4.78 is 31.2. The van der Waals surface area contributed by atoms with Gasteiger partial charge in [0.1, 0.15) is 18.3 Å². The number of methoxy groups -OCH3 is 1. The number of hydrogen-bond acceptors (Lipinski definition) is 5. The molecular weight excluding hydrogens is 501 g/mol. The van der Waals surface area contributed by atoms with Crippen LogP contribution in [-0.4, -0.2) is 57.6 Å². The number of carbonyl (C=O) groups excluding carboxylic acids is 2. The monoisotopic (exact) mass is 529 g/mol. The van der Waals surface area contributed by atoms with Crippen LogP contribution in [0.2, 0.25) is 10.0 Å². The van der Waals surface area contributed by atoms with Crippen molar-refractivity contribution in [2.75, 3.05) is 30.8 Å². The van der Waals surface area contributed by atoms with E-state index in [0.717, 1.165) is 22.5 Å². The molecule has 8 nitrogen and oxygen atoms in total. The Balaban J connectivity index is 2.40. The lowest BCUT2D eigenvalue weighted by atomic mass is 10.1. The summed E-state index contributed by atoms with van der Waals surface area (Å²) in [7, 11) is -2.35. The van der Waals surface area contributed by atoms with E-state index in [0.29, 0.717) is 12.3 Å². The van der Waals surface area contributed by atoms with E-state index in [1.54, 1.807) is 44.4 Å². The van der Waals surface area contributed by atoms with E-state index in [4.69, 9.17) is 27.9 Å². The van der Waals surface area contributed by atoms with E-state index in [1.807, 2.05) is 6.92 Å². The fourth-order valence-electron chi connectivity index (χ4n) is 3.19. The molecule has 11 heteroatoms. The first-order valence-corrected chi connectivity index (χ1v) is 13.2. The second-order valence-electron chi connectivity index (χ2n) is 7.68. The van der Waals surface area contributed by atoms with Gasteiger partial charge in [-0.15, -0.1) is 0 Å². The van der Waals surface area contributed by atoms with Gasteiger partial charge in [-0.1, -0.05) is 48.3 Å². The molecule has 1 atom stereocenters. The maximum absolute atomic E-state index is 13.5. The molecule has 0 saturated heterocycles. The predicted molar refractivity (Wildman–Crippen MR) is 135 cm³/mol. The molecule has 0 saturated carbocycles.